The van der Waals surface area contributed by atoms with Crippen molar-refractivity contribution in [1.82, 2.24) is 4.90 Å². The van der Waals surface area contributed by atoms with Crippen LogP contribution < -0.4 is 0 Å². The van der Waals surface area contributed by atoms with E-state index in [1.807, 2.05) is 0 Å². The molecule has 25 heavy (non-hydrogen) atoms. The lowest BCUT2D eigenvalue weighted by atomic mass is 9.66. The zero-order valence-electron chi connectivity index (χ0n) is 14.8. The second kappa shape index (κ2) is 6.53. The molecule has 0 N–H and O–H groups in total. The molecule has 0 radical (unpaired) electrons. The Balaban J connectivity index is 1.32. The van der Waals surface area contributed by atoms with Gasteiger partial charge in [-0.05, 0) is 55.1 Å². The molecule has 1 amide bonds. The van der Waals surface area contributed by atoms with Crippen LogP contribution in [0.2, 0.25) is 0 Å². The highest BCUT2D eigenvalue weighted by Crippen LogP contribution is 2.64. The van der Waals surface area contributed by atoms with Gasteiger partial charge in [0.05, 0.1) is 4.08 Å². The molecule has 2 aliphatic carbocycles. The lowest BCUT2D eigenvalue weighted by molar-refractivity contribution is -0.139. The fourth-order valence-electron chi connectivity index (χ4n) is 5.75. The van der Waals surface area contributed by atoms with E-state index in [0.717, 1.165) is 44.2 Å². The van der Waals surface area contributed by atoms with Crippen LogP contribution in [-0.4, -0.2) is 32.9 Å². The number of carbonyl (C=O) groups excluding carboxylic acids is 1. The van der Waals surface area contributed by atoms with E-state index < -0.39 is 0 Å². The highest BCUT2D eigenvalue weighted by molar-refractivity contribution is 8.21. The van der Waals surface area contributed by atoms with Crippen molar-refractivity contribution in [1.29, 1.82) is 0 Å². The SMILES string of the molecule is O=C(C1C[C@H]2CCC[C@H](C1)C21SCCS1)N1CCc2ccccc2C1. The molecule has 0 unspecified atom stereocenters. The van der Waals surface area contributed by atoms with E-state index in [9.17, 15) is 4.79 Å². The Morgan fingerprint density at radius 1 is 1.04 bits per heavy atom. The predicted molar refractivity (Wildman–Crippen MR) is 107 cm³/mol. The topological polar surface area (TPSA) is 20.3 Å². The Labute approximate surface area is 159 Å². The molecule has 2 atom stereocenters. The molecule has 4 aliphatic rings. The van der Waals surface area contributed by atoms with E-state index in [-0.39, 0.29) is 5.92 Å². The summed E-state index contributed by atoms with van der Waals surface area (Å²) < 4.78 is 0.476. The first-order valence-corrected chi connectivity index (χ1v) is 11.9. The van der Waals surface area contributed by atoms with Crippen molar-refractivity contribution in [2.75, 3.05) is 18.1 Å². The fraction of sp³-hybridized carbons (Fsp3) is 0.667. The monoisotopic (exact) mass is 373 g/mol. The maximum atomic E-state index is 13.3. The van der Waals surface area contributed by atoms with Crippen molar-refractivity contribution in [3.8, 4) is 0 Å². The van der Waals surface area contributed by atoms with Crippen molar-refractivity contribution < 1.29 is 4.79 Å². The predicted octanol–water partition coefficient (Wildman–Crippen LogP) is 4.57. The first kappa shape index (κ1) is 16.6. The summed E-state index contributed by atoms with van der Waals surface area (Å²) in [4.78, 5) is 15.5. The first-order valence-electron chi connectivity index (χ1n) is 9.90. The number of rotatable bonds is 1. The Kier molecular flexibility index (Phi) is 4.32. The van der Waals surface area contributed by atoms with Crippen molar-refractivity contribution >= 4 is 29.4 Å². The van der Waals surface area contributed by atoms with Crippen molar-refractivity contribution in [2.45, 2.75) is 49.1 Å². The van der Waals surface area contributed by atoms with Gasteiger partial charge < -0.3 is 4.90 Å². The van der Waals surface area contributed by atoms with Gasteiger partial charge in [-0.1, -0.05) is 30.7 Å². The number of hydrogen-bond acceptors (Lipinski definition) is 3. The summed E-state index contributed by atoms with van der Waals surface area (Å²) in [5.74, 6) is 4.91. The van der Waals surface area contributed by atoms with E-state index >= 15 is 0 Å². The highest BCUT2D eigenvalue weighted by Gasteiger charge is 2.55. The molecular weight excluding hydrogens is 346 g/mol. The van der Waals surface area contributed by atoms with E-state index in [0.29, 0.717) is 9.99 Å². The van der Waals surface area contributed by atoms with Gasteiger partial charge in [0.2, 0.25) is 5.91 Å². The molecule has 134 valence electrons. The molecule has 2 aliphatic heterocycles. The maximum Gasteiger partial charge on any atom is 0.226 e. The van der Waals surface area contributed by atoms with Gasteiger partial charge in [-0.3, -0.25) is 4.79 Å². The van der Waals surface area contributed by atoms with Gasteiger partial charge in [0.1, 0.15) is 0 Å². The summed E-state index contributed by atoms with van der Waals surface area (Å²) in [5, 5.41) is 0. The molecule has 3 fully saturated rings. The summed E-state index contributed by atoms with van der Waals surface area (Å²) >= 11 is 4.47. The van der Waals surface area contributed by atoms with Crippen LogP contribution in [0.15, 0.2) is 24.3 Å². The Morgan fingerprint density at radius 3 is 2.44 bits per heavy atom. The van der Waals surface area contributed by atoms with Gasteiger partial charge >= 0.3 is 0 Å². The van der Waals surface area contributed by atoms with Crippen LogP contribution in [0.5, 0.6) is 0 Å². The normalized spacial score (nSPS) is 33.3. The lowest BCUT2D eigenvalue weighted by Gasteiger charge is -2.52. The summed E-state index contributed by atoms with van der Waals surface area (Å²) in [6, 6.07) is 8.65. The average Bonchev–Trinajstić information content (AvgIpc) is 3.10. The minimum atomic E-state index is 0.285. The van der Waals surface area contributed by atoms with Gasteiger partial charge in [0.15, 0.2) is 0 Å². The summed E-state index contributed by atoms with van der Waals surface area (Å²) in [6.45, 7) is 1.74. The Hall–Kier alpha value is -0.610. The van der Waals surface area contributed by atoms with Gasteiger partial charge in [-0.15, -0.1) is 23.5 Å². The van der Waals surface area contributed by atoms with Crippen molar-refractivity contribution in [3.05, 3.63) is 35.4 Å². The number of hydrogen-bond donors (Lipinski definition) is 0. The molecule has 1 aromatic rings. The van der Waals surface area contributed by atoms with Gasteiger partial charge in [-0.2, -0.15) is 0 Å². The number of fused-ring (bicyclic) bond motifs is 1. The maximum absolute atomic E-state index is 13.3. The Morgan fingerprint density at radius 2 is 1.72 bits per heavy atom. The molecular formula is C21H27NOS2. The first-order chi connectivity index (χ1) is 12.3. The fourth-order valence-corrected chi connectivity index (χ4v) is 9.69. The second-order valence-electron chi connectivity index (χ2n) is 8.19. The second-order valence-corrected chi connectivity index (χ2v) is 11.2. The molecule has 4 heteroatoms. The van der Waals surface area contributed by atoms with Crippen LogP contribution >= 0.6 is 23.5 Å². The zero-order chi connectivity index (χ0) is 16.9. The third kappa shape index (κ3) is 2.75. The number of benzene rings is 1. The molecule has 5 rings (SSSR count). The third-order valence-electron chi connectivity index (χ3n) is 6.91. The van der Waals surface area contributed by atoms with Gasteiger partial charge in [0.25, 0.3) is 0 Å². The van der Waals surface area contributed by atoms with Crippen LogP contribution in [0.1, 0.15) is 43.2 Å². The summed E-state index contributed by atoms with van der Waals surface area (Å²) in [6.07, 6.45) is 7.40. The quantitative estimate of drug-likeness (QED) is 0.719. The number of carbonyl (C=O) groups is 1. The molecule has 2 nitrogen and oxygen atoms in total. The Bertz CT molecular complexity index is 654. The van der Waals surface area contributed by atoms with Crippen LogP contribution in [-0.2, 0) is 17.8 Å². The van der Waals surface area contributed by atoms with Crippen LogP contribution in [0.25, 0.3) is 0 Å². The zero-order valence-corrected chi connectivity index (χ0v) is 16.4. The van der Waals surface area contributed by atoms with Crippen LogP contribution in [0, 0.1) is 17.8 Å². The number of thioether (sulfide) groups is 2. The number of nitrogens with zero attached hydrogens (tertiary/aromatic N) is 1. The van der Waals surface area contributed by atoms with Gasteiger partial charge in [0, 0.05) is 30.5 Å². The highest BCUT2D eigenvalue weighted by atomic mass is 32.2. The molecule has 1 spiro atoms. The molecule has 2 heterocycles. The van der Waals surface area contributed by atoms with E-state index in [4.69, 9.17) is 0 Å². The molecule has 2 bridgehead atoms. The summed E-state index contributed by atoms with van der Waals surface area (Å²) in [7, 11) is 0. The average molecular weight is 374 g/mol. The molecule has 1 aromatic carbocycles. The van der Waals surface area contributed by atoms with Crippen molar-refractivity contribution in [2.24, 2.45) is 17.8 Å². The van der Waals surface area contributed by atoms with Crippen molar-refractivity contribution in [3.63, 3.8) is 0 Å². The molecule has 0 aromatic heterocycles. The third-order valence-corrected chi connectivity index (χ3v) is 10.9. The van der Waals surface area contributed by atoms with E-state index in [1.165, 1.54) is 41.9 Å². The lowest BCUT2D eigenvalue weighted by Crippen LogP contribution is -2.50. The smallest absolute Gasteiger partial charge is 0.226 e. The molecule has 2 saturated carbocycles. The van der Waals surface area contributed by atoms with E-state index in [2.05, 4.69) is 52.7 Å². The largest absolute Gasteiger partial charge is 0.338 e. The minimum absolute atomic E-state index is 0.285. The van der Waals surface area contributed by atoms with Crippen LogP contribution in [0.4, 0.5) is 0 Å². The van der Waals surface area contributed by atoms with Gasteiger partial charge in [-0.25, -0.2) is 0 Å². The minimum Gasteiger partial charge on any atom is -0.338 e. The summed E-state index contributed by atoms with van der Waals surface area (Å²) in [5.41, 5.74) is 2.79. The standard InChI is InChI=1S/C21H27NOS2/c23-20(22-9-8-15-4-1-2-5-16(15)14-22)17-12-18-6-3-7-19(13-17)21(18)24-10-11-25-21/h1-2,4-5,17-19H,3,6-14H2/t18-,19-/m1/s1. The number of amides is 1. The van der Waals surface area contributed by atoms with Crippen LogP contribution in [0.3, 0.4) is 0 Å². The molecule has 1 saturated heterocycles. The van der Waals surface area contributed by atoms with E-state index in [1.54, 1.807) is 0 Å².